The average molecular weight is 479 g/mol. The van der Waals surface area contributed by atoms with Crippen LogP contribution in [-0.2, 0) is 0 Å². The fraction of sp³-hybridized carbons (Fsp3) is 1.00. The third-order valence-electron chi connectivity index (χ3n) is 7.90. The van der Waals surface area contributed by atoms with Crippen LogP contribution < -0.4 is 0 Å². The van der Waals surface area contributed by atoms with Crippen LogP contribution in [0, 0.1) is 0 Å². The van der Waals surface area contributed by atoms with Gasteiger partial charge in [-0.25, -0.2) is 0 Å². The van der Waals surface area contributed by atoms with Crippen molar-refractivity contribution in [3.63, 3.8) is 0 Å². The lowest BCUT2D eigenvalue weighted by Crippen LogP contribution is -2.12. The van der Waals surface area contributed by atoms with Gasteiger partial charge in [-0.3, -0.25) is 0 Å². The van der Waals surface area contributed by atoms with Crippen LogP contribution in [-0.4, -0.2) is 14.1 Å². The van der Waals surface area contributed by atoms with Gasteiger partial charge in [-0.2, -0.15) is 0 Å². The van der Waals surface area contributed by atoms with Crippen molar-refractivity contribution in [2.75, 3.05) is 0 Å². The first kappa shape index (κ1) is 33.5. The molecular formula is C32H67Al. The maximum Gasteiger partial charge on any atom is 0.261 e. The molecule has 0 aliphatic carbocycles. The van der Waals surface area contributed by atoms with Crippen molar-refractivity contribution in [2.24, 2.45) is 0 Å². The molecule has 0 aliphatic rings. The van der Waals surface area contributed by atoms with Gasteiger partial charge in [-0.05, 0) is 0 Å². The smallest absolute Gasteiger partial charge is 0.0939 e. The maximum atomic E-state index is 2.34. The molecule has 0 bridgehead atoms. The van der Waals surface area contributed by atoms with Gasteiger partial charge < -0.3 is 0 Å². The quantitative estimate of drug-likeness (QED) is 0.0740. The Morgan fingerprint density at radius 1 is 0.242 bits per heavy atom. The second-order valence-electron chi connectivity index (χ2n) is 11.4. The molecular weight excluding hydrogens is 411 g/mol. The van der Waals surface area contributed by atoms with Gasteiger partial charge in [0, 0.05) is 0 Å². The highest BCUT2D eigenvalue weighted by Crippen LogP contribution is 2.21. The minimum absolute atomic E-state index is 0.449. The second kappa shape index (κ2) is 30.6. The Hall–Kier alpha value is 0.532. The van der Waals surface area contributed by atoms with Crippen LogP contribution in [0.5, 0.6) is 0 Å². The van der Waals surface area contributed by atoms with Crippen LogP contribution >= 0.6 is 0 Å². The summed E-state index contributed by atoms with van der Waals surface area (Å²) in [6.45, 7) is 6.97. The zero-order valence-corrected chi connectivity index (χ0v) is 25.2. The van der Waals surface area contributed by atoms with Crippen molar-refractivity contribution in [3.8, 4) is 0 Å². The summed E-state index contributed by atoms with van der Waals surface area (Å²) in [5, 5.41) is 5.01. The van der Waals surface area contributed by atoms with E-state index in [9.17, 15) is 0 Å². The molecule has 0 N–H and O–H groups in total. The van der Waals surface area contributed by atoms with E-state index in [2.05, 4.69) is 20.8 Å². The Kier molecular flexibility index (Phi) is 31.1. The molecule has 198 valence electrons. The zero-order valence-electron chi connectivity index (χ0n) is 24.1. The Morgan fingerprint density at radius 2 is 0.424 bits per heavy atom. The van der Waals surface area contributed by atoms with Crippen molar-refractivity contribution in [2.45, 2.75) is 204 Å². The van der Waals surface area contributed by atoms with E-state index in [4.69, 9.17) is 0 Å². The first-order valence-electron chi connectivity index (χ1n) is 16.3. The lowest BCUT2D eigenvalue weighted by atomic mass is 10.1. The lowest BCUT2D eigenvalue weighted by Gasteiger charge is -2.12. The molecule has 33 heavy (non-hydrogen) atoms. The third-order valence-corrected chi connectivity index (χ3v) is 11.6. The van der Waals surface area contributed by atoms with Crippen LogP contribution in [0.4, 0.5) is 0 Å². The van der Waals surface area contributed by atoms with E-state index in [1.165, 1.54) is 148 Å². The Morgan fingerprint density at radius 3 is 0.636 bits per heavy atom. The Balaban J connectivity index is 3.79. The molecule has 0 radical (unpaired) electrons. The minimum atomic E-state index is -0.449. The van der Waals surface area contributed by atoms with Gasteiger partial charge in [-0.1, -0.05) is 204 Å². The summed E-state index contributed by atoms with van der Waals surface area (Å²) in [5.74, 6) is 0. The number of unbranched alkanes of at least 4 members (excludes halogenated alkanes) is 23. The number of hydrogen-bond acceptors (Lipinski definition) is 0. The first-order chi connectivity index (χ1) is 16.3. The fourth-order valence-corrected chi connectivity index (χ4v) is 8.95. The van der Waals surface area contributed by atoms with Crippen molar-refractivity contribution in [3.05, 3.63) is 0 Å². The van der Waals surface area contributed by atoms with E-state index >= 15 is 0 Å². The molecule has 0 spiro atoms. The number of rotatable bonds is 29. The van der Waals surface area contributed by atoms with E-state index in [0.717, 1.165) is 0 Å². The van der Waals surface area contributed by atoms with E-state index in [-0.39, 0.29) is 0 Å². The molecule has 0 saturated heterocycles. The summed E-state index contributed by atoms with van der Waals surface area (Å²) >= 11 is -0.449. The second-order valence-corrected chi connectivity index (χ2v) is 14.8. The largest absolute Gasteiger partial charge is 0.261 e. The van der Waals surface area contributed by atoms with Gasteiger partial charge in [-0.15, -0.1) is 0 Å². The molecule has 0 fully saturated rings. The van der Waals surface area contributed by atoms with Crippen LogP contribution in [0.3, 0.4) is 0 Å². The van der Waals surface area contributed by atoms with Gasteiger partial charge >= 0.3 is 0 Å². The Labute approximate surface area is 217 Å². The first-order valence-corrected chi connectivity index (χ1v) is 18.8. The highest BCUT2D eigenvalue weighted by molar-refractivity contribution is 6.58. The zero-order chi connectivity index (χ0) is 24.1. The van der Waals surface area contributed by atoms with Gasteiger partial charge in [0.2, 0.25) is 0 Å². The van der Waals surface area contributed by atoms with Crippen molar-refractivity contribution < 1.29 is 0 Å². The molecule has 0 amide bonds. The van der Waals surface area contributed by atoms with E-state index in [1.807, 2.05) is 0 Å². The SMILES string of the molecule is CCCCCCCCCCC[CH2][Al]([CH2]CCCCCCC)[CH2]CCCCCCCCCCC. The van der Waals surface area contributed by atoms with Crippen LogP contribution in [0.15, 0.2) is 0 Å². The summed E-state index contributed by atoms with van der Waals surface area (Å²) in [6.07, 6.45) is 38.7. The lowest BCUT2D eigenvalue weighted by molar-refractivity contribution is 0.559. The molecule has 1 heteroatoms. The normalized spacial score (nSPS) is 11.4. The molecule has 0 aliphatic heterocycles. The molecule has 0 saturated carbocycles. The molecule has 0 atom stereocenters. The summed E-state index contributed by atoms with van der Waals surface area (Å²) < 4.78 is 0. The molecule has 0 nitrogen and oxygen atoms in total. The highest BCUT2D eigenvalue weighted by Gasteiger charge is 2.15. The van der Waals surface area contributed by atoms with Gasteiger partial charge in [0.1, 0.15) is 0 Å². The van der Waals surface area contributed by atoms with Crippen molar-refractivity contribution in [1.29, 1.82) is 0 Å². The third kappa shape index (κ3) is 28.7. The molecule has 0 aromatic rings. The summed E-state index contributed by atoms with van der Waals surface area (Å²) in [6, 6.07) is 0. The fourth-order valence-electron chi connectivity index (χ4n) is 5.49. The van der Waals surface area contributed by atoms with Crippen LogP contribution in [0.2, 0.25) is 15.8 Å². The topological polar surface area (TPSA) is 0 Å². The average Bonchev–Trinajstić information content (AvgIpc) is 2.83. The van der Waals surface area contributed by atoms with Gasteiger partial charge in [0.05, 0.1) is 0 Å². The van der Waals surface area contributed by atoms with E-state index in [0.29, 0.717) is 0 Å². The van der Waals surface area contributed by atoms with Crippen molar-refractivity contribution >= 4 is 14.1 Å². The standard InChI is InChI=1S/2C12H25.C8H17.Al/c2*1-3-5-7-9-11-12-10-8-6-4-2;1-3-5-7-8-6-4-2;/h2*1,3-12H2,2H3;1,3-8H2,2H3;. The summed E-state index contributed by atoms with van der Waals surface area (Å²) in [4.78, 5) is 0. The molecule has 0 rings (SSSR count). The molecule has 0 heterocycles. The van der Waals surface area contributed by atoms with Gasteiger partial charge in [0.25, 0.3) is 14.1 Å². The van der Waals surface area contributed by atoms with Crippen molar-refractivity contribution in [1.82, 2.24) is 0 Å². The molecule has 0 aromatic heterocycles. The monoisotopic (exact) mass is 479 g/mol. The predicted molar refractivity (Wildman–Crippen MR) is 157 cm³/mol. The van der Waals surface area contributed by atoms with Gasteiger partial charge in [0.15, 0.2) is 0 Å². The van der Waals surface area contributed by atoms with Crippen LogP contribution in [0.25, 0.3) is 0 Å². The minimum Gasteiger partial charge on any atom is -0.0939 e. The molecule has 0 aromatic carbocycles. The number of hydrogen-bond donors (Lipinski definition) is 0. The summed E-state index contributed by atoms with van der Waals surface area (Å²) in [7, 11) is 0. The van der Waals surface area contributed by atoms with E-state index in [1.54, 1.807) is 35.1 Å². The Bertz CT molecular complexity index is 302. The highest BCUT2D eigenvalue weighted by atomic mass is 27.2. The molecule has 0 unspecified atom stereocenters. The van der Waals surface area contributed by atoms with Crippen LogP contribution in [0.1, 0.15) is 188 Å². The van der Waals surface area contributed by atoms with E-state index < -0.39 is 14.1 Å². The predicted octanol–water partition coefficient (Wildman–Crippen LogP) is 12.7. The maximum absolute atomic E-state index is 2.34. The summed E-state index contributed by atoms with van der Waals surface area (Å²) in [5.41, 5.74) is 0.